The molecule has 1 aromatic heterocycles. The van der Waals surface area contributed by atoms with E-state index in [1.165, 1.54) is 0 Å². The largest absolute Gasteiger partial charge is 0.320 e. The fourth-order valence-corrected chi connectivity index (χ4v) is 2.21. The van der Waals surface area contributed by atoms with E-state index in [0.717, 1.165) is 27.1 Å². The van der Waals surface area contributed by atoms with Gasteiger partial charge in [-0.1, -0.05) is 22.0 Å². The Morgan fingerprint density at radius 2 is 1.89 bits per heavy atom. The lowest BCUT2D eigenvalue weighted by Gasteiger charge is -2.10. The lowest BCUT2D eigenvalue weighted by molar-refractivity contribution is 0.102. The summed E-state index contributed by atoms with van der Waals surface area (Å²) in [5.41, 5.74) is 4.11. The Hall–Kier alpha value is -1.68. The summed E-state index contributed by atoms with van der Waals surface area (Å²) in [5, 5.41) is 2.90. The number of aromatic nitrogens is 1. The van der Waals surface area contributed by atoms with Crippen molar-refractivity contribution < 1.29 is 4.79 Å². The fourth-order valence-electron chi connectivity index (χ4n) is 1.85. The van der Waals surface area contributed by atoms with Crippen molar-refractivity contribution in [2.45, 2.75) is 20.8 Å². The number of carbonyl (C=O) groups excluding carboxylic acids is 1. The molecule has 0 radical (unpaired) electrons. The summed E-state index contributed by atoms with van der Waals surface area (Å²) in [6, 6.07) is 9.42. The number of halogens is 1. The Kier molecular flexibility index (Phi) is 4.00. The highest BCUT2D eigenvalue weighted by Crippen LogP contribution is 2.19. The molecule has 0 spiro atoms. The number of nitrogens with one attached hydrogen (secondary N) is 1. The number of anilines is 1. The third kappa shape index (κ3) is 3.20. The maximum absolute atomic E-state index is 12.3. The van der Waals surface area contributed by atoms with Crippen molar-refractivity contribution in [3.63, 3.8) is 0 Å². The molecule has 1 aromatic carbocycles. The molecule has 2 rings (SSSR count). The molecule has 0 bridgehead atoms. The molecule has 1 N–H and O–H groups in total. The van der Waals surface area contributed by atoms with Gasteiger partial charge in [0.05, 0.1) is 11.4 Å². The molecule has 0 saturated carbocycles. The monoisotopic (exact) mass is 318 g/mol. The van der Waals surface area contributed by atoms with Crippen LogP contribution in [-0.2, 0) is 0 Å². The van der Waals surface area contributed by atoms with Crippen LogP contribution in [0.15, 0.2) is 34.8 Å². The average molecular weight is 319 g/mol. The average Bonchev–Trinajstić information content (AvgIpc) is 2.35. The minimum atomic E-state index is -0.118. The molecule has 0 aliphatic rings. The Morgan fingerprint density at radius 3 is 2.58 bits per heavy atom. The van der Waals surface area contributed by atoms with Crippen molar-refractivity contribution in [2.24, 2.45) is 0 Å². The summed E-state index contributed by atoms with van der Waals surface area (Å²) in [4.78, 5) is 16.6. The van der Waals surface area contributed by atoms with Gasteiger partial charge in [0.25, 0.3) is 5.91 Å². The summed E-state index contributed by atoms with van der Waals surface area (Å²) in [5.74, 6) is -0.118. The van der Waals surface area contributed by atoms with Crippen LogP contribution in [-0.4, -0.2) is 10.9 Å². The van der Waals surface area contributed by atoms with Gasteiger partial charge in [-0.05, 0) is 50.6 Å². The summed E-state index contributed by atoms with van der Waals surface area (Å²) < 4.78 is 0.891. The molecule has 0 atom stereocenters. The molecule has 0 aliphatic heterocycles. The van der Waals surface area contributed by atoms with E-state index < -0.39 is 0 Å². The number of benzene rings is 1. The number of rotatable bonds is 2. The highest BCUT2D eigenvalue weighted by atomic mass is 79.9. The molecule has 2 aromatic rings. The van der Waals surface area contributed by atoms with Crippen LogP contribution < -0.4 is 5.32 Å². The zero-order chi connectivity index (χ0) is 14.0. The van der Waals surface area contributed by atoms with Crippen molar-refractivity contribution in [3.05, 3.63) is 57.3 Å². The molecular weight excluding hydrogens is 304 g/mol. The standard InChI is InChI=1S/C15H15BrN2O/c1-9-4-6-12(16)8-13(9)15(19)18-14-7-5-10(2)17-11(14)3/h4-8H,1-3H3,(H,18,19). The van der Waals surface area contributed by atoms with Crippen molar-refractivity contribution in [3.8, 4) is 0 Å². The lowest BCUT2D eigenvalue weighted by atomic mass is 10.1. The highest BCUT2D eigenvalue weighted by molar-refractivity contribution is 9.10. The van der Waals surface area contributed by atoms with Crippen LogP contribution in [0.1, 0.15) is 27.3 Å². The normalized spacial score (nSPS) is 10.3. The first-order chi connectivity index (χ1) is 8.97. The van der Waals surface area contributed by atoms with Crippen LogP contribution in [0.5, 0.6) is 0 Å². The van der Waals surface area contributed by atoms with E-state index in [-0.39, 0.29) is 5.91 Å². The van der Waals surface area contributed by atoms with Gasteiger partial charge in [-0.3, -0.25) is 9.78 Å². The van der Waals surface area contributed by atoms with Gasteiger partial charge in [-0.15, -0.1) is 0 Å². The molecule has 0 aliphatic carbocycles. The molecule has 19 heavy (non-hydrogen) atoms. The van der Waals surface area contributed by atoms with E-state index in [1.807, 2.05) is 51.1 Å². The Labute approximate surface area is 121 Å². The maximum Gasteiger partial charge on any atom is 0.256 e. The molecule has 1 amide bonds. The van der Waals surface area contributed by atoms with Crippen LogP contribution in [0.25, 0.3) is 0 Å². The Morgan fingerprint density at radius 1 is 1.16 bits per heavy atom. The van der Waals surface area contributed by atoms with Gasteiger partial charge in [0.1, 0.15) is 0 Å². The zero-order valence-corrected chi connectivity index (χ0v) is 12.7. The number of carbonyl (C=O) groups is 1. The van der Waals surface area contributed by atoms with Crippen LogP contribution in [0, 0.1) is 20.8 Å². The Bertz CT molecular complexity index is 638. The summed E-state index contributed by atoms with van der Waals surface area (Å²) in [6.07, 6.45) is 0. The molecule has 98 valence electrons. The van der Waals surface area contributed by atoms with Crippen molar-refractivity contribution in [1.29, 1.82) is 0 Å². The van der Waals surface area contributed by atoms with Gasteiger partial charge in [-0.25, -0.2) is 0 Å². The first kappa shape index (κ1) is 13.7. The molecule has 0 fully saturated rings. The van der Waals surface area contributed by atoms with Crippen LogP contribution in [0.3, 0.4) is 0 Å². The second-order valence-electron chi connectivity index (χ2n) is 4.50. The number of pyridine rings is 1. The van der Waals surface area contributed by atoms with E-state index in [1.54, 1.807) is 0 Å². The van der Waals surface area contributed by atoms with Crippen molar-refractivity contribution >= 4 is 27.5 Å². The number of amides is 1. The van der Waals surface area contributed by atoms with Crippen molar-refractivity contribution in [2.75, 3.05) is 5.32 Å². The zero-order valence-electron chi connectivity index (χ0n) is 11.1. The summed E-state index contributed by atoms with van der Waals surface area (Å²) in [6.45, 7) is 5.73. The second kappa shape index (κ2) is 5.53. The summed E-state index contributed by atoms with van der Waals surface area (Å²) in [7, 11) is 0. The first-order valence-corrected chi connectivity index (χ1v) is 6.78. The van der Waals surface area contributed by atoms with Crippen LogP contribution >= 0.6 is 15.9 Å². The number of nitrogens with zero attached hydrogens (tertiary/aromatic N) is 1. The van der Waals surface area contributed by atoms with Gasteiger partial charge in [-0.2, -0.15) is 0 Å². The van der Waals surface area contributed by atoms with E-state index in [0.29, 0.717) is 5.56 Å². The molecule has 0 unspecified atom stereocenters. The molecular formula is C15H15BrN2O. The minimum absolute atomic E-state index is 0.118. The van der Waals surface area contributed by atoms with E-state index in [4.69, 9.17) is 0 Å². The SMILES string of the molecule is Cc1ccc(NC(=O)c2cc(Br)ccc2C)c(C)n1. The summed E-state index contributed by atoms with van der Waals surface area (Å²) >= 11 is 3.38. The third-order valence-corrected chi connectivity index (χ3v) is 3.41. The molecule has 0 saturated heterocycles. The smallest absolute Gasteiger partial charge is 0.256 e. The van der Waals surface area contributed by atoms with E-state index >= 15 is 0 Å². The van der Waals surface area contributed by atoms with Gasteiger partial charge in [0.2, 0.25) is 0 Å². The minimum Gasteiger partial charge on any atom is -0.320 e. The molecule has 1 heterocycles. The fraction of sp³-hybridized carbons (Fsp3) is 0.200. The van der Waals surface area contributed by atoms with Gasteiger partial charge in [0.15, 0.2) is 0 Å². The molecule has 4 heteroatoms. The highest BCUT2D eigenvalue weighted by Gasteiger charge is 2.11. The number of hydrogen-bond donors (Lipinski definition) is 1. The van der Waals surface area contributed by atoms with E-state index in [2.05, 4.69) is 26.2 Å². The van der Waals surface area contributed by atoms with Crippen molar-refractivity contribution in [1.82, 2.24) is 4.98 Å². The van der Waals surface area contributed by atoms with Crippen LogP contribution in [0.2, 0.25) is 0 Å². The number of aryl methyl sites for hydroxylation is 3. The predicted octanol–water partition coefficient (Wildman–Crippen LogP) is 4.02. The topological polar surface area (TPSA) is 42.0 Å². The second-order valence-corrected chi connectivity index (χ2v) is 5.41. The van der Waals surface area contributed by atoms with E-state index in [9.17, 15) is 4.79 Å². The van der Waals surface area contributed by atoms with Gasteiger partial charge < -0.3 is 5.32 Å². The van der Waals surface area contributed by atoms with Crippen LogP contribution in [0.4, 0.5) is 5.69 Å². The Balaban J connectivity index is 2.28. The van der Waals surface area contributed by atoms with Gasteiger partial charge in [0, 0.05) is 15.7 Å². The maximum atomic E-state index is 12.3. The third-order valence-electron chi connectivity index (χ3n) is 2.92. The quantitative estimate of drug-likeness (QED) is 0.908. The lowest BCUT2D eigenvalue weighted by Crippen LogP contribution is -2.14. The predicted molar refractivity (Wildman–Crippen MR) is 80.5 cm³/mol. The number of hydrogen-bond acceptors (Lipinski definition) is 2. The first-order valence-electron chi connectivity index (χ1n) is 5.99. The molecule has 3 nitrogen and oxygen atoms in total. The van der Waals surface area contributed by atoms with Gasteiger partial charge >= 0.3 is 0 Å².